The van der Waals surface area contributed by atoms with E-state index in [4.69, 9.17) is 9.97 Å². The van der Waals surface area contributed by atoms with E-state index >= 15 is 0 Å². The highest BCUT2D eigenvalue weighted by molar-refractivity contribution is 5.89. The Balaban J connectivity index is 1.76. The minimum atomic E-state index is -0.120. The summed E-state index contributed by atoms with van der Waals surface area (Å²) < 4.78 is 0. The van der Waals surface area contributed by atoms with Crippen LogP contribution in [-0.4, -0.2) is 21.8 Å². The average molecular weight is 422 g/mol. The summed E-state index contributed by atoms with van der Waals surface area (Å²) >= 11 is 0. The number of amides is 2. The molecule has 4 aromatic rings. The second-order valence-electron chi connectivity index (χ2n) is 7.35. The van der Waals surface area contributed by atoms with Crippen LogP contribution in [0.5, 0.6) is 0 Å². The van der Waals surface area contributed by atoms with Crippen LogP contribution in [0.25, 0.3) is 33.9 Å². The predicted molar refractivity (Wildman–Crippen MR) is 127 cm³/mol. The molecule has 2 N–H and O–H groups in total. The number of hydrogen-bond donors (Lipinski definition) is 2. The molecule has 0 saturated carbocycles. The molecule has 32 heavy (non-hydrogen) atoms. The van der Waals surface area contributed by atoms with E-state index in [0.29, 0.717) is 11.5 Å². The summed E-state index contributed by atoms with van der Waals surface area (Å²) in [6, 6.07) is 26.9. The van der Waals surface area contributed by atoms with Crippen molar-refractivity contribution in [3.05, 3.63) is 84.9 Å². The van der Waals surface area contributed by atoms with Gasteiger partial charge < -0.3 is 10.6 Å². The van der Waals surface area contributed by atoms with Crippen LogP contribution in [0.3, 0.4) is 0 Å². The third kappa shape index (κ3) is 5.05. The van der Waals surface area contributed by atoms with Gasteiger partial charge in [0.25, 0.3) is 0 Å². The third-order valence-electron chi connectivity index (χ3n) is 4.76. The SMILES string of the molecule is CC(=O)Nc1ccc(-c2cc(-c3ccccc3)nc(-c3ccc(NC(C)=O)cc3)n2)cc1. The van der Waals surface area contributed by atoms with Crippen molar-refractivity contribution in [3.8, 4) is 33.9 Å². The molecule has 0 atom stereocenters. The van der Waals surface area contributed by atoms with Gasteiger partial charge in [0.2, 0.25) is 11.8 Å². The lowest BCUT2D eigenvalue weighted by atomic mass is 10.1. The van der Waals surface area contributed by atoms with Gasteiger partial charge in [0, 0.05) is 41.9 Å². The normalized spacial score (nSPS) is 10.4. The summed E-state index contributed by atoms with van der Waals surface area (Å²) in [4.78, 5) is 32.2. The van der Waals surface area contributed by atoms with Gasteiger partial charge >= 0.3 is 0 Å². The van der Waals surface area contributed by atoms with Crippen LogP contribution in [0.15, 0.2) is 84.9 Å². The summed E-state index contributed by atoms with van der Waals surface area (Å²) in [7, 11) is 0. The maximum Gasteiger partial charge on any atom is 0.221 e. The van der Waals surface area contributed by atoms with E-state index in [2.05, 4.69) is 10.6 Å². The topological polar surface area (TPSA) is 84.0 Å². The first kappa shape index (κ1) is 20.9. The summed E-state index contributed by atoms with van der Waals surface area (Å²) in [6.07, 6.45) is 0. The van der Waals surface area contributed by atoms with E-state index in [9.17, 15) is 9.59 Å². The number of nitrogens with one attached hydrogen (secondary N) is 2. The highest BCUT2D eigenvalue weighted by Gasteiger charge is 2.11. The molecule has 158 valence electrons. The van der Waals surface area contributed by atoms with Crippen molar-refractivity contribution in [1.82, 2.24) is 9.97 Å². The molecule has 6 heteroatoms. The van der Waals surface area contributed by atoms with Crippen molar-refractivity contribution in [3.63, 3.8) is 0 Å². The van der Waals surface area contributed by atoms with E-state index in [-0.39, 0.29) is 11.8 Å². The fourth-order valence-electron chi connectivity index (χ4n) is 3.31. The molecule has 1 heterocycles. The molecular weight excluding hydrogens is 400 g/mol. The van der Waals surface area contributed by atoms with Gasteiger partial charge in [-0.15, -0.1) is 0 Å². The molecule has 0 radical (unpaired) electrons. The zero-order valence-corrected chi connectivity index (χ0v) is 17.8. The Bertz CT molecular complexity index is 1170. The van der Waals surface area contributed by atoms with Crippen LogP contribution in [0.4, 0.5) is 11.4 Å². The third-order valence-corrected chi connectivity index (χ3v) is 4.76. The number of aromatic nitrogens is 2. The fraction of sp³-hybridized carbons (Fsp3) is 0.0769. The molecule has 2 amide bonds. The highest BCUT2D eigenvalue weighted by atomic mass is 16.2. The minimum Gasteiger partial charge on any atom is -0.326 e. The van der Waals surface area contributed by atoms with Gasteiger partial charge in [-0.3, -0.25) is 9.59 Å². The fourth-order valence-corrected chi connectivity index (χ4v) is 3.31. The molecule has 0 bridgehead atoms. The summed E-state index contributed by atoms with van der Waals surface area (Å²) in [5, 5.41) is 5.54. The van der Waals surface area contributed by atoms with Crippen molar-refractivity contribution in [2.24, 2.45) is 0 Å². The summed E-state index contributed by atoms with van der Waals surface area (Å²) in [6.45, 7) is 2.96. The molecule has 1 aromatic heterocycles. The molecule has 0 aliphatic carbocycles. The van der Waals surface area contributed by atoms with Gasteiger partial charge in [-0.1, -0.05) is 42.5 Å². The van der Waals surface area contributed by atoms with Crippen LogP contribution in [-0.2, 0) is 9.59 Å². The zero-order valence-electron chi connectivity index (χ0n) is 17.8. The number of carbonyl (C=O) groups excluding carboxylic acids is 2. The Morgan fingerprint density at radius 1 is 0.594 bits per heavy atom. The van der Waals surface area contributed by atoms with Gasteiger partial charge in [-0.25, -0.2) is 9.97 Å². The molecule has 0 aliphatic heterocycles. The Morgan fingerprint density at radius 3 is 1.50 bits per heavy atom. The molecular formula is C26H22N4O2. The van der Waals surface area contributed by atoms with Crippen molar-refractivity contribution in [1.29, 1.82) is 0 Å². The van der Waals surface area contributed by atoms with Crippen molar-refractivity contribution >= 4 is 23.2 Å². The van der Waals surface area contributed by atoms with Crippen molar-refractivity contribution in [2.45, 2.75) is 13.8 Å². The molecule has 0 spiro atoms. The molecule has 4 rings (SSSR count). The van der Waals surface area contributed by atoms with E-state index in [1.54, 1.807) is 0 Å². The smallest absolute Gasteiger partial charge is 0.221 e. The second-order valence-corrected chi connectivity index (χ2v) is 7.35. The van der Waals surface area contributed by atoms with Gasteiger partial charge in [0.15, 0.2) is 5.82 Å². The first-order chi connectivity index (χ1) is 15.5. The van der Waals surface area contributed by atoms with E-state index < -0.39 is 0 Å². The lowest BCUT2D eigenvalue weighted by Crippen LogP contribution is -2.05. The van der Waals surface area contributed by atoms with Crippen molar-refractivity contribution < 1.29 is 9.59 Å². The van der Waals surface area contributed by atoms with Gasteiger partial charge in [-0.05, 0) is 42.5 Å². The van der Waals surface area contributed by atoms with Crippen LogP contribution >= 0.6 is 0 Å². The van der Waals surface area contributed by atoms with Gasteiger partial charge in [0.05, 0.1) is 11.4 Å². The lowest BCUT2D eigenvalue weighted by Gasteiger charge is -2.10. The second kappa shape index (κ2) is 9.22. The van der Waals surface area contributed by atoms with Gasteiger partial charge in [0.1, 0.15) is 0 Å². The number of benzene rings is 3. The number of rotatable bonds is 5. The summed E-state index contributed by atoms with van der Waals surface area (Å²) in [5.41, 5.74) is 5.77. The van der Waals surface area contributed by atoms with Crippen LogP contribution < -0.4 is 10.6 Å². The van der Waals surface area contributed by atoms with Crippen LogP contribution in [0.2, 0.25) is 0 Å². The monoisotopic (exact) mass is 422 g/mol. The van der Waals surface area contributed by atoms with Gasteiger partial charge in [-0.2, -0.15) is 0 Å². The minimum absolute atomic E-state index is 0.115. The molecule has 3 aromatic carbocycles. The lowest BCUT2D eigenvalue weighted by molar-refractivity contribution is -0.115. The summed E-state index contributed by atoms with van der Waals surface area (Å²) in [5.74, 6) is 0.350. The Hall–Kier alpha value is -4.32. The quantitative estimate of drug-likeness (QED) is 0.451. The zero-order chi connectivity index (χ0) is 22.5. The van der Waals surface area contributed by atoms with E-state index in [1.165, 1.54) is 13.8 Å². The number of hydrogen-bond acceptors (Lipinski definition) is 4. The number of carbonyl (C=O) groups is 2. The maximum absolute atomic E-state index is 11.3. The van der Waals surface area contributed by atoms with Crippen LogP contribution in [0, 0.1) is 0 Å². The first-order valence-electron chi connectivity index (χ1n) is 10.2. The molecule has 6 nitrogen and oxygen atoms in total. The first-order valence-corrected chi connectivity index (χ1v) is 10.2. The largest absolute Gasteiger partial charge is 0.326 e. The van der Waals surface area contributed by atoms with Crippen molar-refractivity contribution in [2.75, 3.05) is 10.6 Å². The maximum atomic E-state index is 11.3. The Kier molecular flexibility index (Phi) is 6.03. The predicted octanol–water partition coefficient (Wildman–Crippen LogP) is 5.39. The standard InChI is InChI=1S/C26H22N4O2/c1-17(31)27-22-12-8-20(9-13-22)25-16-24(19-6-4-3-5-7-19)29-26(30-25)21-10-14-23(15-11-21)28-18(2)32/h3-16H,1-2H3,(H,27,31)(H,28,32). The Morgan fingerprint density at radius 2 is 1.03 bits per heavy atom. The Labute approximate surface area is 186 Å². The van der Waals surface area contributed by atoms with E-state index in [0.717, 1.165) is 33.8 Å². The average Bonchev–Trinajstić information content (AvgIpc) is 2.79. The van der Waals surface area contributed by atoms with E-state index in [1.807, 2.05) is 84.9 Å². The molecule has 0 fully saturated rings. The molecule has 0 saturated heterocycles. The number of anilines is 2. The number of nitrogens with zero attached hydrogens (tertiary/aromatic N) is 2. The highest BCUT2D eigenvalue weighted by Crippen LogP contribution is 2.28. The molecule has 0 aliphatic rings. The van der Waals surface area contributed by atoms with Crippen LogP contribution in [0.1, 0.15) is 13.8 Å². The molecule has 0 unspecified atom stereocenters.